The zero-order valence-electron chi connectivity index (χ0n) is 11.2. The SMILES string of the molecule is Cc1cccc(Nc2ccc(C#N)cc2[N+](=O)[O-])c1C. The summed E-state index contributed by atoms with van der Waals surface area (Å²) in [6.45, 7) is 3.93. The van der Waals surface area contributed by atoms with Gasteiger partial charge in [-0.25, -0.2) is 0 Å². The van der Waals surface area contributed by atoms with Crippen LogP contribution in [0.5, 0.6) is 0 Å². The molecule has 5 nitrogen and oxygen atoms in total. The molecule has 20 heavy (non-hydrogen) atoms. The van der Waals surface area contributed by atoms with Crippen molar-refractivity contribution in [3.8, 4) is 6.07 Å². The third-order valence-corrected chi connectivity index (χ3v) is 3.20. The summed E-state index contributed by atoms with van der Waals surface area (Å²) in [6, 6.07) is 12.0. The van der Waals surface area contributed by atoms with Crippen LogP contribution >= 0.6 is 0 Å². The van der Waals surface area contributed by atoms with Crippen molar-refractivity contribution >= 4 is 17.1 Å². The number of benzene rings is 2. The van der Waals surface area contributed by atoms with Crippen molar-refractivity contribution in [1.82, 2.24) is 0 Å². The Morgan fingerprint density at radius 2 is 1.95 bits per heavy atom. The van der Waals surface area contributed by atoms with Crippen molar-refractivity contribution in [1.29, 1.82) is 5.26 Å². The second-order valence-corrected chi connectivity index (χ2v) is 4.47. The maximum atomic E-state index is 11.1. The first kappa shape index (κ1) is 13.6. The van der Waals surface area contributed by atoms with E-state index in [1.54, 1.807) is 12.1 Å². The summed E-state index contributed by atoms with van der Waals surface area (Å²) in [5.74, 6) is 0. The fourth-order valence-corrected chi connectivity index (χ4v) is 1.89. The molecule has 0 aliphatic heterocycles. The van der Waals surface area contributed by atoms with Crippen molar-refractivity contribution < 1.29 is 4.92 Å². The quantitative estimate of drug-likeness (QED) is 0.677. The lowest BCUT2D eigenvalue weighted by atomic mass is 10.1. The zero-order valence-corrected chi connectivity index (χ0v) is 11.2. The molecule has 2 aromatic carbocycles. The fraction of sp³-hybridized carbons (Fsp3) is 0.133. The molecular weight excluding hydrogens is 254 g/mol. The van der Waals surface area contributed by atoms with E-state index < -0.39 is 4.92 Å². The molecule has 0 heterocycles. The van der Waals surface area contributed by atoms with Crippen LogP contribution in [0.4, 0.5) is 17.1 Å². The topological polar surface area (TPSA) is 79.0 Å². The van der Waals surface area contributed by atoms with E-state index in [1.807, 2.05) is 38.1 Å². The maximum Gasteiger partial charge on any atom is 0.293 e. The Morgan fingerprint density at radius 3 is 2.60 bits per heavy atom. The zero-order chi connectivity index (χ0) is 14.7. The first-order chi connectivity index (χ1) is 9.52. The number of hydrogen-bond donors (Lipinski definition) is 1. The molecule has 5 heteroatoms. The smallest absolute Gasteiger partial charge is 0.293 e. The first-order valence-corrected chi connectivity index (χ1v) is 6.04. The van der Waals surface area contributed by atoms with Gasteiger partial charge in [0.1, 0.15) is 5.69 Å². The molecule has 0 aliphatic carbocycles. The van der Waals surface area contributed by atoms with Gasteiger partial charge in [-0.15, -0.1) is 0 Å². The van der Waals surface area contributed by atoms with Crippen molar-refractivity contribution in [2.24, 2.45) is 0 Å². The van der Waals surface area contributed by atoms with E-state index in [-0.39, 0.29) is 11.3 Å². The molecule has 0 bridgehead atoms. The number of rotatable bonds is 3. The highest BCUT2D eigenvalue weighted by molar-refractivity contribution is 5.72. The van der Waals surface area contributed by atoms with Crippen LogP contribution in [0.3, 0.4) is 0 Å². The number of nitrogens with one attached hydrogen (secondary N) is 1. The molecule has 0 spiro atoms. The predicted molar refractivity (Wildman–Crippen MR) is 77.0 cm³/mol. The van der Waals surface area contributed by atoms with Crippen LogP contribution in [0, 0.1) is 35.3 Å². The third-order valence-electron chi connectivity index (χ3n) is 3.20. The van der Waals surface area contributed by atoms with Crippen molar-refractivity contribution in [2.75, 3.05) is 5.32 Å². The Bertz CT molecular complexity index is 718. The van der Waals surface area contributed by atoms with E-state index in [4.69, 9.17) is 5.26 Å². The summed E-state index contributed by atoms with van der Waals surface area (Å²) in [5, 5.41) is 23.0. The Kier molecular flexibility index (Phi) is 3.67. The number of hydrogen-bond acceptors (Lipinski definition) is 4. The number of nitro benzene ring substituents is 1. The normalized spacial score (nSPS) is 9.85. The molecule has 0 aliphatic rings. The van der Waals surface area contributed by atoms with Gasteiger partial charge >= 0.3 is 0 Å². The van der Waals surface area contributed by atoms with Gasteiger partial charge in [0.15, 0.2) is 0 Å². The van der Waals surface area contributed by atoms with Gasteiger partial charge in [-0.05, 0) is 43.2 Å². The van der Waals surface area contributed by atoms with E-state index in [2.05, 4.69) is 5.32 Å². The summed E-state index contributed by atoms with van der Waals surface area (Å²) in [5.41, 5.74) is 3.49. The Hall–Kier alpha value is -2.87. The molecular formula is C15H13N3O2. The Labute approximate surface area is 116 Å². The minimum atomic E-state index is -0.492. The number of nitro groups is 1. The summed E-state index contributed by atoms with van der Waals surface area (Å²) in [7, 11) is 0. The molecule has 0 saturated carbocycles. The average Bonchev–Trinajstić information content (AvgIpc) is 2.44. The van der Waals surface area contributed by atoms with Crippen LogP contribution in [0.15, 0.2) is 36.4 Å². The van der Waals surface area contributed by atoms with Gasteiger partial charge in [-0.2, -0.15) is 5.26 Å². The number of anilines is 2. The molecule has 1 N–H and O–H groups in total. The van der Waals surface area contributed by atoms with Gasteiger partial charge in [0.05, 0.1) is 16.6 Å². The Balaban J connectivity index is 2.46. The molecule has 0 amide bonds. The van der Waals surface area contributed by atoms with E-state index >= 15 is 0 Å². The van der Waals surface area contributed by atoms with E-state index in [1.165, 1.54) is 6.07 Å². The molecule has 0 radical (unpaired) electrons. The molecule has 0 aromatic heterocycles. The first-order valence-electron chi connectivity index (χ1n) is 6.04. The molecule has 0 saturated heterocycles. The number of nitriles is 1. The third kappa shape index (κ3) is 2.59. The van der Waals surface area contributed by atoms with Gasteiger partial charge < -0.3 is 5.32 Å². The molecule has 0 atom stereocenters. The lowest BCUT2D eigenvalue weighted by Crippen LogP contribution is -1.99. The lowest BCUT2D eigenvalue weighted by molar-refractivity contribution is -0.383. The standard InChI is InChI=1S/C15H13N3O2/c1-10-4-3-5-13(11(10)2)17-14-7-6-12(9-16)8-15(14)18(19)20/h3-8,17H,1-2H3. The highest BCUT2D eigenvalue weighted by Crippen LogP contribution is 2.30. The summed E-state index contributed by atoms with van der Waals surface area (Å²) < 4.78 is 0. The van der Waals surface area contributed by atoms with Crippen molar-refractivity contribution in [3.05, 3.63) is 63.2 Å². The van der Waals surface area contributed by atoms with E-state index in [0.29, 0.717) is 5.69 Å². The summed E-state index contributed by atoms with van der Waals surface area (Å²) in [4.78, 5) is 10.6. The largest absolute Gasteiger partial charge is 0.350 e. The van der Waals surface area contributed by atoms with Crippen LogP contribution in [-0.4, -0.2) is 4.92 Å². The van der Waals surface area contributed by atoms with Crippen LogP contribution in [0.1, 0.15) is 16.7 Å². The Morgan fingerprint density at radius 1 is 1.20 bits per heavy atom. The summed E-state index contributed by atoms with van der Waals surface area (Å²) in [6.07, 6.45) is 0. The van der Waals surface area contributed by atoms with Crippen LogP contribution in [-0.2, 0) is 0 Å². The van der Waals surface area contributed by atoms with Gasteiger partial charge in [0, 0.05) is 11.8 Å². The molecule has 2 aromatic rings. The highest BCUT2D eigenvalue weighted by Gasteiger charge is 2.15. The maximum absolute atomic E-state index is 11.1. The van der Waals surface area contributed by atoms with Crippen LogP contribution < -0.4 is 5.32 Å². The second-order valence-electron chi connectivity index (χ2n) is 4.47. The molecule has 2 rings (SSSR count). The van der Waals surface area contributed by atoms with E-state index in [0.717, 1.165) is 16.8 Å². The predicted octanol–water partition coefficient (Wildman–Crippen LogP) is 3.83. The molecule has 100 valence electrons. The van der Waals surface area contributed by atoms with Crippen LogP contribution in [0.25, 0.3) is 0 Å². The van der Waals surface area contributed by atoms with Gasteiger partial charge in [-0.3, -0.25) is 10.1 Å². The lowest BCUT2D eigenvalue weighted by Gasteiger charge is -2.11. The summed E-state index contributed by atoms with van der Waals surface area (Å²) >= 11 is 0. The van der Waals surface area contributed by atoms with E-state index in [9.17, 15) is 10.1 Å². The average molecular weight is 267 g/mol. The second kappa shape index (κ2) is 5.41. The monoisotopic (exact) mass is 267 g/mol. The molecule has 0 unspecified atom stereocenters. The van der Waals surface area contributed by atoms with Gasteiger partial charge in [0.2, 0.25) is 0 Å². The van der Waals surface area contributed by atoms with Gasteiger partial charge in [-0.1, -0.05) is 12.1 Å². The highest BCUT2D eigenvalue weighted by atomic mass is 16.6. The fourth-order valence-electron chi connectivity index (χ4n) is 1.89. The molecule has 0 fully saturated rings. The number of nitrogens with zero attached hydrogens (tertiary/aromatic N) is 2. The van der Waals surface area contributed by atoms with Gasteiger partial charge in [0.25, 0.3) is 5.69 Å². The van der Waals surface area contributed by atoms with Crippen molar-refractivity contribution in [2.45, 2.75) is 13.8 Å². The van der Waals surface area contributed by atoms with Crippen LogP contribution in [0.2, 0.25) is 0 Å². The minimum absolute atomic E-state index is 0.107. The number of aryl methyl sites for hydroxylation is 1. The van der Waals surface area contributed by atoms with Crippen molar-refractivity contribution in [3.63, 3.8) is 0 Å². The minimum Gasteiger partial charge on any atom is -0.350 e.